The number of carbonyl (C=O) groups is 1. The van der Waals surface area contributed by atoms with Crippen LogP contribution in [0.4, 0.5) is 0 Å². The van der Waals surface area contributed by atoms with Gasteiger partial charge in [-0.05, 0) is 54.0 Å². The van der Waals surface area contributed by atoms with Gasteiger partial charge in [-0.25, -0.2) is 0 Å². The molecule has 0 radical (unpaired) electrons. The highest BCUT2D eigenvalue weighted by Gasteiger charge is 2.54. The molecule has 1 saturated heterocycles. The number of ether oxygens (including phenoxy) is 2. The van der Waals surface area contributed by atoms with Crippen LogP contribution in [-0.2, 0) is 16.8 Å². The van der Waals surface area contributed by atoms with Crippen molar-refractivity contribution in [1.82, 2.24) is 4.90 Å². The molecule has 0 aromatic heterocycles. The van der Waals surface area contributed by atoms with Crippen LogP contribution in [0.3, 0.4) is 0 Å². The number of thioether (sulfide) groups is 1. The van der Waals surface area contributed by atoms with Gasteiger partial charge in [0, 0.05) is 24.8 Å². The van der Waals surface area contributed by atoms with Crippen molar-refractivity contribution in [3.8, 4) is 11.5 Å². The Bertz CT molecular complexity index is 730. The Morgan fingerprint density at radius 3 is 2.67 bits per heavy atom. The lowest BCUT2D eigenvalue weighted by molar-refractivity contribution is -0.115. The van der Waals surface area contributed by atoms with Crippen LogP contribution < -0.4 is 9.47 Å². The highest BCUT2D eigenvalue weighted by atomic mass is 32.2. The van der Waals surface area contributed by atoms with Crippen LogP contribution in [0.25, 0.3) is 0 Å². The van der Waals surface area contributed by atoms with Crippen molar-refractivity contribution in [2.45, 2.75) is 30.1 Å². The summed E-state index contributed by atoms with van der Waals surface area (Å²) >= 11 is 1.86. The molecule has 24 heavy (non-hydrogen) atoms. The first-order valence-electron chi connectivity index (χ1n) is 8.42. The number of allylic oxidation sites excluding steroid dienone is 1. The van der Waals surface area contributed by atoms with E-state index >= 15 is 0 Å². The molecule has 128 valence electrons. The fraction of sp³-hybridized carbons (Fsp3) is 0.526. The second-order valence-corrected chi connectivity index (χ2v) is 7.75. The third-order valence-electron chi connectivity index (χ3n) is 5.79. The van der Waals surface area contributed by atoms with Gasteiger partial charge in [-0.1, -0.05) is 0 Å². The van der Waals surface area contributed by atoms with Gasteiger partial charge in [-0.3, -0.25) is 9.69 Å². The highest BCUT2D eigenvalue weighted by molar-refractivity contribution is 7.99. The summed E-state index contributed by atoms with van der Waals surface area (Å²) in [5.41, 5.74) is 3.79. The molecule has 5 heteroatoms. The lowest BCUT2D eigenvalue weighted by atomic mass is 9.71. The minimum Gasteiger partial charge on any atom is -0.493 e. The van der Waals surface area contributed by atoms with Crippen molar-refractivity contribution in [3.63, 3.8) is 0 Å². The maximum atomic E-state index is 12.1. The van der Waals surface area contributed by atoms with Crippen LogP contribution in [0.5, 0.6) is 11.5 Å². The third kappa shape index (κ3) is 2.07. The molecule has 1 spiro atoms. The van der Waals surface area contributed by atoms with Crippen molar-refractivity contribution < 1.29 is 14.3 Å². The number of fused-ring (bicyclic) bond motifs is 1. The Kier molecular flexibility index (Phi) is 3.88. The summed E-state index contributed by atoms with van der Waals surface area (Å²) in [5, 5.41) is 0.397. The molecule has 4 nitrogen and oxygen atoms in total. The summed E-state index contributed by atoms with van der Waals surface area (Å²) < 4.78 is 11.1. The van der Waals surface area contributed by atoms with Gasteiger partial charge in [0.2, 0.25) is 0 Å². The van der Waals surface area contributed by atoms with E-state index in [0.29, 0.717) is 11.7 Å². The molecule has 0 saturated carbocycles. The number of nitrogens with zero attached hydrogens (tertiary/aromatic N) is 1. The van der Waals surface area contributed by atoms with Crippen LogP contribution in [0.2, 0.25) is 0 Å². The fourth-order valence-corrected chi connectivity index (χ4v) is 5.53. The monoisotopic (exact) mass is 345 g/mol. The van der Waals surface area contributed by atoms with E-state index in [2.05, 4.69) is 23.3 Å². The lowest BCUT2D eigenvalue weighted by Gasteiger charge is -2.46. The molecule has 4 rings (SSSR count). The van der Waals surface area contributed by atoms with E-state index in [4.69, 9.17) is 9.47 Å². The van der Waals surface area contributed by atoms with Crippen LogP contribution in [-0.4, -0.2) is 49.5 Å². The van der Waals surface area contributed by atoms with Gasteiger partial charge in [0.05, 0.1) is 19.8 Å². The van der Waals surface area contributed by atoms with Crippen LogP contribution in [0, 0.1) is 0 Å². The topological polar surface area (TPSA) is 38.8 Å². The standard InChI is InChI=1S/C19H23NO3S/c1-22-16-8-12-5-7-20-11-18(24-3)15-9-13(21)4-6-19(15,20)14(12)10-17(16)23-2/h8-10,18H,4-7,11H2,1-3H3/t18-,19-/m0/s1. The van der Waals surface area contributed by atoms with Crippen molar-refractivity contribution in [2.75, 3.05) is 33.6 Å². The van der Waals surface area contributed by atoms with Gasteiger partial charge in [-0.15, -0.1) is 0 Å². The first-order chi connectivity index (χ1) is 11.6. The van der Waals surface area contributed by atoms with E-state index in [1.807, 2.05) is 17.8 Å². The number of carbonyl (C=O) groups excluding carboxylic acids is 1. The molecule has 0 N–H and O–H groups in total. The summed E-state index contributed by atoms with van der Waals surface area (Å²) in [7, 11) is 3.37. The Morgan fingerprint density at radius 2 is 1.96 bits per heavy atom. The molecule has 2 heterocycles. The summed E-state index contributed by atoms with van der Waals surface area (Å²) in [5.74, 6) is 1.83. The maximum Gasteiger partial charge on any atom is 0.161 e. The summed E-state index contributed by atoms with van der Waals surface area (Å²) in [6, 6.07) is 4.27. The zero-order valence-electron chi connectivity index (χ0n) is 14.4. The van der Waals surface area contributed by atoms with E-state index in [1.54, 1.807) is 14.2 Å². The highest BCUT2D eigenvalue weighted by Crippen LogP contribution is 2.55. The predicted molar refractivity (Wildman–Crippen MR) is 96.1 cm³/mol. The summed E-state index contributed by atoms with van der Waals surface area (Å²) in [6.45, 7) is 2.05. The molecule has 1 aromatic carbocycles. The molecule has 0 bridgehead atoms. The fourth-order valence-electron chi connectivity index (χ4n) is 4.68. The van der Waals surface area contributed by atoms with Gasteiger partial charge in [0.15, 0.2) is 17.3 Å². The maximum absolute atomic E-state index is 12.1. The van der Waals surface area contributed by atoms with Crippen molar-refractivity contribution >= 4 is 17.5 Å². The number of benzene rings is 1. The van der Waals surface area contributed by atoms with Gasteiger partial charge >= 0.3 is 0 Å². The molecule has 3 aliphatic rings. The van der Waals surface area contributed by atoms with E-state index < -0.39 is 0 Å². The Balaban J connectivity index is 1.94. The SMILES string of the molecule is COc1cc2c(cc1OC)[C@@]13CCC(=O)C=C1[C@@H](SC)CN3CC2. The molecular formula is C19H23NO3S. The minimum atomic E-state index is -0.130. The van der Waals surface area contributed by atoms with E-state index in [-0.39, 0.29) is 11.3 Å². The molecule has 2 atom stereocenters. The van der Waals surface area contributed by atoms with E-state index in [9.17, 15) is 4.79 Å². The van der Waals surface area contributed by atoms with E-state index in [0.717, 1.165) is 37.4 Å². The smallest absolute Gasteiger partial charge is 0.161 e. The van der Waals surface area contributed by atoms with Gasteiger partial charge in [0.25, 0.3) is 0 Å². The molecule has 0 amide bonds. The zero-order valence-corrected chi connectivity index (χ0v) is 15.2. The van der Waals surface area contributed by atoms with E-state index in [1.165, 1.54) is 16.7 Å². The second kappa shape index (κ2) is 5.81. The quantitative estimate of drug-likeness (QED) is 0.842. The molecule has 1 fully saturated rings. The number of ketones is 1. The van der Waals surface area contributed by atoms with Gasteiger partial charge < -0.3 is 9.47 Å². The Hall–Kier alpha value is -1.46. The number of rotatable bonds is 3. The van der Waals surface area contributed by atoms with Crippen molar-refractivity contribution in [1.29, 1.82) is 0 Å². The predicted octanol–water partition coefficient (Wildman–Crippen LogP) is 2.79. The van der Waals surface area contributed by atoms with Crippen LogP contribution in [0.15, 0.2) is 23.8 Å². The Labute approximate surface area is 147 Å². The zero-order chi connectivity index (χ0) is 16.9. The Morgan fingerprint density at radius 1 is 1.21 bits per heavy atom. The average molecular weight is 345 g/mol. The summed E-state index contributed by atoms with van der Waals surface area (Å²) in [6.07, 6.45) is 6.58. The molecule has 0 unspecified atom stereocenters. The molecule has 1 aromatic rings. The lowest BCUT2D eigenvalue weighted by Crippen LogP contribution is -2.48. The minimum absolute atomic E-state index is 0.130. The largest absolute Gasteiger partial charge is 0.493 e. The number of hydrogen-bond acceptors (Lipinski definition) is 5. The van der Waals surface area contributed by atoms with Crippen molar-refractivity contribution in [3.05, 3.63) is 34.9 Å². The second-order valence-electron chi connectivity index (χ2n) is 6.71. The molecule has 1 aliphatic carbocycles. The van der Waals surface area contributed by atoms with Crippen LogP contribution in [0.1, 0.15) is 24.0 Å². The average Bonchev–Trinajstić information content (AvgIpc) is 2.94. The first kappa shape index (κ1) is 16.0. The number of hydrogen-bond donors (Lipinski definition) is 0. The van der Waals surface area contributed by atoms with Gasteiger partial charge in [-0.2, -0.15) is 11.8 Å². The van der Waals surface area contributed by atoms with Crippen molar-refractivity contribution in [2.24, 2.45) is 0 Å². The molecular weight excluding hydrogens is 322 g/mol. The third-order valence-corrected chi connectivity index (χ3v) is 6.76. The number of methoxy groups -OCH3 is 2. The first-order valence-corrected chi connectivity index (χ1v) is 9.71. The van der Waals surface area contributed by atoms with Crippen LogP contribution >= 0.6 is 11.8 Å². The normalized spacial score (nSPS) is 28.7. The van der Waals surface area contributed by atoms with Gasteiger partial charge in [0.1, 0.15) is 0 Å². The molecule has 2 aliphatic heterocycles. The summed E-state index contributed by atoms with van der Waals surface area (Å²) in [4.78, 5) is 14.7.